The zero-order chi connectivity index (χ0) is 12.9. The van der Waals surface area contributed by atoms with E-state index < -0.39 is 7.58 Å². The largest absolute Gasteiger partial charge is 0.454 e. The van der Waals surface area contributed by atoms with Gasteiger partial charge in [0.1, 0.15) is 5.94 Å². The van der Waals surface area contributed by atoms with Gasteiger partial charge in [0, 0.05) is 11.5 Å². The van der Waals surface area contributed by atoms with Gasteiger partial charge in [0.05, 0.1) is 19.0 Å². The SMILES string of the molecule is CCOP(OCC)SCCSCC(=O)OCS. The third-order valence-corrected chi connectivity index (χ3v) is 6.01. The number of thioether (sulfide) groups is 1. The van der Waals surface area contributed by atoms with E-state index in [1.807, 2.05) is 13.8 Å². The minimum Gasteiger partial charge on any atom is -0.454 e. The molecule has 0 radical (unpaired) electrons. The molecule has 0 aromatic carbocycles. The van der Waals surface area contributed by atoms with Crippen molar-refractivity contribution in [2.24, 2.45) is 0 Å². The summed E-state index contributed by atoms with van der Waals surface area (Å²) in [5, 5.41) is 0. The summed E-state index contributed by atoms with van der Waals surface area (Å²) < 4.78 is 15.6. The maximum absolute atomic E-state index is 11.0. The highest BCUT2D eigenvalue weighted by Crippen LogP contribution is 2.51. The molecule has 0 aromatic heterocycles. The number of hydrogen-bond acceptors (Lipinski definition) is 7. The lowest BCUT2D eigenvalue weighted by atomic mass is 10.8. The molecule has 0 spiro atoms. The van der Waals surface area contributed by atoms with E-state index in [0.29, 0.717) is 19.0 Å². The number of carbonyl (C=O) groups is 1. The predicted molar refractivity (Wildman–Crippen MR) is 79.9 cm³/mol. The van der Waals surface area contributed by atoms with Crippen molar-refractivity contribution in [3.05, 3.63) is 0 Å². The molecule has 0 fully saturated rings. The van der Waals surface area contributed by atoms with Gasteiger partial charge in [-0.15, -0.1) is 24.4 Å². The lowest BCUT2D eigenvalue weighted by Gasteiger charge is -2.13. The van der Waals surface area contributed by atoms with Crippen LogP contribution in [0.3, 0.4) is 0 Å². The summed E-state index contributed by atoms with van der Waals surface area (Å²) >= 11 is 7.03. The van der Waals surface area contributed by atoms with E-state index in [1.165, 1.54) is 0 Å². The zero-order valence-corrected chi connectivity index (χ0v) is 13.5. The van der Waals surface area contributed by atoms with E-state index in [0.717, 1.165) is 11.5 Å². The molecule has 0 unspecified atom stereocenters. The van der Waals surface area contributed by atoms with Crippen LogP contribution in [0.5, 0.6) is 0 Å². The van der Waals surface area contributed by atoms with Crippen LogP contribution in [0.1, 0.15) is 13.8 Å². The Morgan fingerprint density at radius 2 is 1.88 bits per heavy atom. The minimum atomic E-state index is -0.825. The molecule has 0 amide bonds. The zero-order valence-electron chi connectivity index (χ0n) is 10.1. The predicted octanol–water partition coefficient (Wildman–Crippen LogP) is 3.18. The highest BCUT2D eigenvalue weighted by Gasteiger charge is 2.09. The summed E-state index contributed by atoms with van der Waals surface area (Å²) in [7, 11) is -0.825. The number of esters is 1. The monoisotopic (exact) mass is 318 g/mol. The topological polar surface area (TPSA) is 44.8 Å². The molecular formula is C9H19O4PS3. The summed E-state index contributed by atoms with van der Waals surface area (Å²) in [6, 6.07) is 0. The second-order valence-electron chi connectivity index (χ2n) is 2.59. The molecule has 102 valence electrons. The standard InChI is InChI=1S/C9H19O4PS3/c1-3-12-14(13-4-2)17-6-5-16-7-9(10)11-8-15/h15H,3-8H2,1-2H3. The fourth-order valence-electron chi connectivity index (χ4n) is 0.763. The van der Waals surface area contributed by atoms with Gasteiger partial charge in [0.15, 0.2) is 0 Å². The molecule has 0 aliphatic heterocycles. The average molecular weight is 318 g/mol. The van der Waals surface area contributed by atoms with Crippen molar-refractivity contribution in [1.82, 2.24) is 0 Å². The van der Waals surface area contributed by atoms with Crippen molar-refractivity contribution in [2.75, 3.05) is 36.4 Å². The molecule has 0 aliphatic carbocycles. The maximum atomic E-state index is 11.0. The van der Waals surface area contributed by atoms with E-state index >= 15 is 0 Å². The Morgan fingerprint density at radius 3 is 2.41 bits per heavy atom. The van der Waals surface area contributed by atoms with Gasteiger partial charge in [-0.1, -0.05) is 11.4 Å². The van der Waals surface area contributed by atoms with Crippen LogP contribution in [-0.4, -0.2) is 42.4 Å². The number of rotatable bonds is 11. The summed E-state index contributed by atoms with van der Waals surface area (Å²) in [4.78, 5) is 11.0. The van der Waals surface area contributed by atoms with Crippen molar-refractivity contribution in [3.8, 4) is 0 Å². The van der Waals surface area contributed by atoms with Gasteiger partial charge in [-0.25, -0.2) is 0 Å². The minimum absolute atomic E-state index is 0.147. The van der Waals surface area contributed by atoms with Crippen LogP contribution in [-0.2, 0) is 18.6 Å². The molecule has 0 heterocycles. The lowest BCUT2D eigenvalue weighted by molar-refractivity contribution is -0.138. The van der Waals surface area contributed by atoms with E-state index in [9.17, 15) is 4.79 Å². The van der Waals surface area contributed by atoms with Gasteiger partial charge < -0.3 is 13.8 Å². The lowest BCUT2D eigenvalue weighted by Crippen LogP contribution is -2.06. The van der Waals surface area contributed by atoms with E-state index in [1.54, 1.807) is 23.1 Å². The number of hydrogen-bond donors (Lipinski definition) is 1. The maximum Gasteiger partial charge on any atom is 0.316 e. The third-order valence-electron chi connectivity index (χ3n) is 1.34. The fraction of sp³-hybridized carbons (Fsp3) is 0.889. The van der Waals surface area contributed by atoms with Crippen LogP contribution in [0.2, 0.25) is 0 Å². The molecule has 0 aliphatic rings. The first kappa shape index (κ1) is 17.9. The van der Waals surface area contributed by atoms with E-state index in [4.69, 9.17) is 13.8 Å². The highest BCUT2D eigenvalue weighted by molar-refractivity contribution is 8.52. The summed E-state index contributed by atoms with van der Waals surface area (Å²) in [5.74, 6) is 2.10. The molecule has 0 bridgehead atoms. The molecular weight excluding hydrogens is 299 g/mol. The van der Waals surface area contributed by atoms with Gasteiger partial charge in [-0.2, -0.15) is 0 Å². The summed E-state index contributed by atoms with van der Waals surface area (Å²) in [5.41, 5.74) is 0. The van der Waals surface area contributed by atoms with Crippen molar-refractivity contribution in [1.29, 1.82) is 0 Å². The molecule has 8 heteroatoms. The molecule has 0 aromatic rings. The Hall–Kier alpha value is 0.870. The third kappa shape index (κ3) is 11.7. The van der Waals surface area contributed by atoms with Gasteiger partial charge in [-0.05, 0) is 13.8 Å². The van der Waals surface area contributed by atoms with Crippen molar-refractivity contribution >= 4 is 49.3 Å². The Balaban J connectivity index is 3.44. The molecule has 17 heavy (non-hydrogen) atoms. The second-order valence-corrected chi connectivity index (χ2v) is 7.25. The van der Waals surface area contributed by atoms with Crippen LogP contribution in [0.4, 0.5) is 0 Å². The quantitative estimate of drug-likeness (QED) is 0.207. The average Bonchev–Trinajstić information content (AvgIpc) is 2.29. The van der Waals surface area contributed by atoms with Crippen LogP contribution in [0.15, 0.2) is 0 Å². The van der Waals surface area contributed by atoms with Crippen molar-refractivity contribution in [2.45, 2.75) is 13.8 Å². The fourth-order valence-corrected chi connectivity index (χ4v) is 5.06. The van der Waals surface area contributed by atoms with Gasteiger partial charge in [0.2, 0.25) is 7.58 Å². The molecule has 0 rings (SSSR count). The van der Waals surface area contributed by atoms with Crippen LogP contribution in [0.25, 0.3) is 0 Å². The first-order valence-electron chi connectivity index (χ1n) is 5.27. The first-order valence-corrected chi connectivity index (χ1v) is 9.83. The normalized spacial score (nSPS) is 10.8. The molecule has 0 atom stereocenters. The van der Waals surface area contributed by atoms with Crippen LogP contribution in [0, 0.1) is 0 Å². The first-order chi connectivity index (χ1) is 8.24. The van der Waals surface area contributed by atoms with E-state index in [-0.39, 0.29) is 11.9 Å². The Morgan fingerprint density at radius 1 is 1.24 bits per heavy atom. The second kappa shape index (κ2) is 13.3. The van der Waals surface area contributed by atoms with Gasteiger partial charge >= 0.3 is 5.97 Å². The molecule has 4 nitrogen and oxygen atoms in total. The Labute approximate surface area is 118 Å². The summed E-state index contributed by atoms with van der Waals surface area (Å²) in [6.07, 6.45) is 0. The highest BCUT2D eigenvalue weighted by atomic mass is 32.7. The van der Waals surface area contributed by atoms with Crippen LogP contribution >= 0.6 is 43.3 Å². The van der Waals surface area contributed by atoms with Gasteiger partial charge in [0.25, 0.3) is 0 Å². The molecule has 0 saturated carbocycles. The smallest absolute Gasteiger partial charge is 0.316 e. The van der Waals surface area contributed by atoms with Gasteiger partial charge in [-0.3, -0.25) is 4.79 Å². The number of thiol groups is 1. The van der Waals surface area contributed by atoms with Crippen molar-refractivity contribution < 1.29 is 18.6 Å². The Kier molecular flexibility index (Phi) is 14.0. The van der Waals surface area contributed by atoms with E-state index in [2.05, 4.69) is 12.6 Å². The summed E-state index contributed by atoms with van der Waals surface area (Å²) in [6.45, 7) is 5.24. The number of ether oxygens (including phenoxy) is 1. The Bertz CT molecular complexity index is 191. The van der Waals surface area contributed by atoms with Crippen LogP contribution < -0.4 is 0 Å². The molecule has 0 N–H and O–H groups in total. The van der Waals surface area contributed by atoms with Crippen molar-refractivity contribution in [3.63, 3.8) is 0 Å². The number of carbonyl (C=O) groups excluding carboxylic acids is 1. The molecule has 0 saturated heterocycles.